The van der Waals surface area contributed by atoms with Gasteiger partial charge in [0.2, 0.25) is 5.91 Å². The smallest absolute Gasteiger partial charge is 0.232 e. The molecule has 0 radical (unpaired) electrons. The minimum Gasteiger partial charge on any atom is -0.392 e. The normalized spacial score (nSPS) is 30.1. The van der Waals surface area contributed by atoms with E-state index in [-0.39, 0.29) is 23.8 Å². The lowest BCUT2D eigenvalue weighted by molar-refractivity contribution is -0.125. The van der Waals surface area contributed by atoms with Crippen LogP contribution in [-0.4, -0.2) is 58.8 Å². The Morgan fingerprint density at radius 1 is 1.39 bits per heavy atom. The zero-order valence-corrected chi connectivity index (χ0v) is 18.4. The summed E-state index contributed by atoms with van der Waals surface area (Å²) in [6.07, 6.45) is 8.96. The second-order valence-corrected chi connectivity index (χ2v) is 9.39. The molecule has 2 rings (SSSR count). The number of fused-ring (bicyclic) bond motifs is 1. The first-order valence-electron chi connectivity index (χ1n) is 10.2. The van der Waals surface area contributed by atoms with Gasteiger partial charge in [-0.15, -0.1) is 23.6 Å². The van der Waals surface area contributed by atoms with Crippen LogP contribution in [0.25, 0.3) is 0 Å². The van der Waals surface area contributed by atoms with E-state index in [9.17, 15) is 15.0 Å². The van der Waals surface area contributed by atoms with Crippen molar-refractivity contribution >= 4 is 17.7 Å². The molecule has 0 bridgehead atoms. The van der Waals surface area contributed by atoms with E-state index < -0.39 is 6.10 Å². The average molecular weight is 406 g/mol. The van der Waals surface area contributed by atoms with Crippen LogP contribution in [0.1, 0.15) is 39.5 Å². The summed E-state index contributed by atoms with van der Waals surface area (Å²) in [7, 11) is 3.57. The highest BCUT2D eigenvalue weighted by atomic mass is 32.2. The molecule has 2 N–H and O–H groups in total. The molecule has 0 aliphatic heterocycles. The van der Waals surface area contributed by atoms with Crippen molar-refractivity contribution in [2.24, 2.45) is 23.7 Å². The lowest BCUT2D eigenvalue weighted by Gasteiger charge is -2.19. The lowest BCUT2D eigenvalue weighted by Crippen LogP contribution is -2.23. The van der Waals surface area contributed by atoms with Gasteiger partial charge in [0.05, 0.1) is 18.0 Å². The third-order valence-corrected chi connectivity index (χ3v) is 6.89. The van der Waals surface area contributed by atoms with Crippen molar-refractivity contribution in [1.82, 2.24) is 4.90 Å². The van der Waals surface area contributed by atoms with Crippen molar-refractivity contribution in [3.63, 3.8) is 0 Å². The molecule has 2 saturated carbocycles. The Hall–Kier alpha value is -1.22. The fraction of sp³-hybridized carbons (Fsp3) is 0.696. The van der Waals surface area contributed by atoms with Gasteiger partial charge in [-0.1, -0.05) is 30.7 Å². The van der Waals surface area contributed by atoms with E-state index in [1.165, 1.54) is 5.57 Å². The van der Waals surface area contributed by atoms with Crippen LogP contribution in [0.4, 0.5) is 0 Å². The zero-order valence-electron chi connectivity index (χ0n) is 17.6. The first kappa shape index (κ1) is 23.1. The van der Waals surface area contributed by atoms with Crippen LogP contribution in [-0.2, 0) is 4.79 Å². The van der Waals surface area contributed by atoms with Crippen molar-refractivity contribution in [3.8, 4) is 11.8 Å². The summed E-state index contributed by atoms with van der Waals surface area (Å²) in [5.74, 6) is 8.64. The number of amides is 1. The molecule has 156 valence electrons. The molecule has 1 amide bonds. The number of nitrogens with zero attached hydrogens (tertiary/aromatic N) is 1. The van der Waals surface area contributed by atoms with Gasteiger partial charge in [0.1, 0.15) is 0 Å². The van der Waals surface area contributed by atoms with Gasteiger partial charge in [-0.05, 0) is 43.9 Å². The number of rotatable bonds is 8. The number of thioether (sulfide) groups is 1. The molecular weight excluding hydrogens is 370 g/mol. The number of hydrogen-bond acceptors (Lipinski definition) is 4. The van der Waals surface area contributed by atoms with Crippen LogP contribution in [0.2, 0.25) is 0 Å². The molecule has 0 heterocycles. The zero-order chi connectivity index (χ0) is 20.7. The number of hydrogen-bond donors (Lipinski definition) is 2. The van der Waals surface area contributed by atoms with Gasteiger partial charge in [-0.3, -0.25) is 4.79 Å². The van der Waals surface area contributed by atoms with Crippen molar-refractivity contribution in [2.75, 3.05) is 25.6 Å². The van der Waals surface area contributed by atoms with Crippen molar-refractivity contribution in [3.05, 3.63) is 23.8 Å². The minimum atomic E-state index is -0.519. The fourth-order valence-electron chi connectivity index (χ4n) is 4.21. The summed E-state index contributed by atoms with van der Waals surface area (Å²) in [5, 5.41) is 20.8. The highest BCUT2D eigenvalue weighted by Gasteiger charge is 2.44. The molecule has 0 spiro atoms. The van der Waals surface area contributed by atoms with E-state index in [0.717, 1.165) is 25.0 Å². The highest BCUT2D eigenvalue weighted by Crippen LogP contribution is 2.50. The molecule has 2 fully saturated rings. The van der Waals surface area contributed by atoms with E-state index in [2.05, 4.69) is 17.9 Å². The first-order valence-corrected chi connectivity index (χ1v) is 11.4. The van der Waals surface area contributed by atoms with Gasteiger partial charge < -0.3 is 15.1 Å². The summed E-state index contributed by atoms with van der Waals surface area (Å²) >= 11 is 1.65. The van der Waals surface area contributed by atoms with Crippen LogP contribution in [0.15, 0.2) is 23.8 Å². The van der Waals surface area contributed by atoms with Gasteiger partial charge in [0, 0.05) is 32.2 Å². The molecule has 0 aromatic rings. The Morgan fingerprint density at radius 3 is 2.82 bits per heavy atom. The monoisotopic (exact) mass is 405 g/mol. The Balaban J connectivity index is 1.86. The SMILES string of the molecule is CC#CC[C@@H](C)[C@@H](O)/C=C/[C@@H]1[C@H]2CC(=CCSCC(=O)N(C)C)C[C@H]2C[C@H]1O. The summed E-state index contributed by atoms with van der Waals surface area (Å²) in [6.45, 7) is 3.82. The van der Waals surface area contributed by atoms with Gasteiger partial charge >= 0.3 is 0 Å². The molecule has 2 aliphatic rings. The Labute approximate surface area is 174 Å². The van der Waals surface area contributed by atoms with Gasteiger partial charge in [-0.2, -0.15) is 0 Å². The molecule has 0 saturated heterocycles. The van der Waals surface area contributed by atoms with E-state index in [1.807, 2.05) is 26.0 Å². The number of carbonyl (C=O) groups excluding carboxylic acids is 1. The van der Waals surface area contributed by atoms with Crippen LogP contribution in [0.3, 0.4) is 0 Å². The molecule has 0 unspecified atom stereocenters. The molecule has 28 heavy (non-hydrogen) atoms. The molecule has 2 aliphatic carbocycles. The summed E-state index contributed by atoms with van der Waals surface area (Å²) < 4.78 is 0. The maximum Gasteiger partial charge on any atom is 0.232 e. The number of aliphatic hydroxyl groups is 2. The maximum absolute atomic E-state index is 11.6. The van der Waals surface area contributed by atoms with Crippen molar-refractivity contribution in [2.45, 2.75) is 51.7 Å². The Kier molecular flexibility index (Phi) is 9.14. The van der Waals surface area contributed by atoms with E-state index in [1.54, 1.807) is 30.8 Å². The number of allylic oxidation sites excluding steroid dienone is 1. The van der Waals surface area contributed by atoms with Crippen LogP contribution < -0.4 is 0 Å². The number of aliphatic hydroxyl groups excluding tert-OH is 2. The predicted molar refractivity (Wildman–Crippen MR) is 117 cm³/mol. The predicted octanol–water partition coefficient (Wildman–Crippen LogP) is 3.11. The largest absolute Gasteiger partial charge is 0.392 e. The third kappa shape index (κ3) is 6.40. The molecule has 6 atom stereocenters. The van der Waals surface area contributed by atoms with E-state index in [0.29, 0.717) is 24.0 Å². The third-order valence-electron chi connectivity index (χ3n) is 6.04. The van der Waals surface area contributed by atoms with Crippen LogP contribution in [0.5, 0.6) is 0 Å². The molecule has 5 heteroatoms. The van der Waals surface area contributed by atoms with Crippen molar-refractivity contribution in [1.29, 1.82) is 0 Å². The highest BCUT2D eigenvalue weighted by molar-refractivity contribution is 8.00. The lowest BCUT2D eigenvalue weighted by atomic mass is 9.89. The Bertz CT molecular complexity index is 646. The standard InChI is InChI=1S/C23H35NO3S/c1-5-6-7-16(2)21(25)9-8-19-20-13-17(12-18(20)14-22(19)26)10-11-28-15-23(27)24(3)4/h8-10,16,18-22,25-26H,7,11-15H2,1-4H3/b9-8+,17-10?/t16-,18+,19-,20+,21+,22-/m1/s1. The number of carbonyl (C=O) groups is 1. The molecular formula is C23H35NO3S. The van der Waals surface area contributed by atoms with E-state index in [4.69, 9.17) is 0 Å². The summed E-state index contributed by atoms with van der Waals surface area (Å²) in [4.78, 5) is 13.3. The first-order chi connectivity index (χ1) is 13.3. The molecule has 0 aromatic carbocycles. The maximum atomic E-state index is 11.6. The van der Waals surface area contributed by atoms with Gasteiger partial charge in [0.15, 0.2) is 0 Å². The topological polar surface area (TPSA) is 60.8 Å². The second kappa shape index (κ2) is 11.1. The summed E-state index contributed by atoms with van der Waals surface area (Å²) in [5.41, 5.74) is 1.46. The van der Waals surface area contributed by atoms with Crippen LogP contribution in [0, 0.1) is 35.5 Å². The molecule has 0 aromatic heterocycles. The summed E-state index contributed by atoms with van der Waals surface area (Å²) in [6, 6.07) is 0. The average Bonchev–Trinajstić information content (AvgIpc) is 3.17. The minimum absolute atomic E-state index is 0.0963. The Morgan fingerprint density at radius 2 is 2.14 bits per heavy atom. The quantitative estimate of drug-likeness (QED) is 0.370. The fourth-order valence-corrected chi connectivity index (χ4v) is 5.11. The molecule has 4 nitrogen and oxygen atoms in total. The van der Waals surface area contributed by atoms with Crippen LogP contribution >= 0.6 is 11.8 Å². The second-order valence-electron chi connectivity index (χ2n) is 8.36. The van der Waals surface area contributed by atoms with Crippen molar-refractivity contribution < 1.29 is 15.0 Å². The van der Waals surface area contributed by atoms with E-state index >= 15 is 0 Å². The van der Waals surface area contributed by atoms with Gasteiger partial charge in [0.25, 0.3) is 0 Å². The van der Waals surface area contributed by atoms with Gasteiger partial charge in [-0.25, -0.2) is 0 Å².